The van der Waals surface area contributed by atoms with Gasteiger partial charge in [-0.15, -0.1) is 0 Å². The number of aryl methyl sites for hydroxylation is 1. The van der Waals surface area contributed by atoms with Gasteiger partial charge in [-0.05, 0) is 36.8 Å². The molecule has 114 valence electrons. The lowest BCUT2D eigenvalue weighted by atomic mass is 10.2. The van der Waals surface area contributed by atoms with Crippen molar-refractivity contribution in [2.24, 2.45) is 0 Å². The van der Waals surface area contributed by atoms with E-state index in [0.717, 1.165) is 11.1 Å². The molecule has 0 aliphatic carbocycles. The van der Waals surface area contributed by atoms with E-state index in [9.17, 15) is 4.79 Å². The topological polar surface area (TPSA) is 52.9 Å². The highest BCUT2D eigenvalue weighted by molar-refractivity contribution is 6.33. The monoisotopic (exact) mass is 322 g/mol. The number of carbonyl (C=O) groups is 1. The predicted molar refractivity (Wildman–Crippen MR) is 93.8 cm³/mol. The Hall–Kier alpha value is -2.83. The van der Waals surface area contributed by atoms with Gasteiger partial charge in [0, 0.05) is 10.7 Å². The van der Waals surface area contributed by atoms with Crippen LogP contribution in [0.4, 0.5) is 5.69 Å². The van der Waals surface area contributed by atoms with Gasteiger partial charge < -0.3 is 5.32 Å². The van der Waals surface area contributed by atoms with Crippen LogP contribution in [0.3, 0.4) is 0 Å². The Bertz CT molecular complexity index is 784. The van der Waals surface area contributed by atoms with E-state index < -0.39 is 5.91 Å². The number of anilines is 1. The number of rotatable bonds is 4. The van der Waals surface area contributed by atoms with Gasteiger partial charge in [0.2, 0.25) is 0 Å². The Morgan fingerprint density at radius 2 is 1.78 bits per heavy atom. The average molecular weight is 323 g/mol. The summed E-state index contributed by atoms with van der Waals surface area (Å²) < 4.78 is 0. The highest BCUT2D eigenvalue weighted by atomic mass is 35.5. The van der Waals surface area contributed by atoms with E-state index in [0.29, 0.717) is 10.7 Å². The summed E-state index contributed by atoms with van der Waals surface area (Å²) in [7, 11) is 0. The van der Waals surface area contributed by atoms with E-state index in [1.165, 1.54) is 6.08 Å². The normalized spacial score (nSPS) is 11.7. The van der Waals surface area contributed by atoms with Crippen LogP contribution in [0.5, 0.6) is 0 Å². The van der Waals surface area contributed by atoms with Crippen molar-refractivity contribution in [3.63, 3.8) is 0 Å². The maximum absolute atomic E-state index is 12.1. The van der Waals surface area contributed by atoms with Gasteiger partial charge in [-0.25, -0.2) is 0 Å². The molecule has 1 N–H and O–H groups in total. The molecule has 2 aromatic rings. The van der Waals surface area contributed by atoms with E-state index in [2.05, 4.69) is 5.32 Å². The molecule has 0 aliphatic rings. The molecule has 0 atom stereocenters. The van der Waals surface area contributed by atoms with Crippen LogP contribution in [0.2, 0.25) is 0 Å². The predicted octanol–water partition coefficient (Wildman–Crippen LogP) is 4.66. The van der Waals surface area contributed by atoms with Gasteiger partial charge in [-0.2, -0.15) is 5.26 Å². The van der Waals surface area contributed by atoms with Crippen LogP contribution >= 0.6 is 11.6 Å². The number of nitriles is 1. The number of nitrogens with zero attached hydrogens (tertiary/aromatic N) is 1. The SMILES string of the molecule is Cc1ccc(NC(=O)/C(C#N)=C/C(Cl)=C/c2ccccc2)cc1. The Morgan fingerprint density at radius 1 is 1.13 bits per heavy atom. The zero-order valence-electron chi connectivity index (χ0n) is 12.6. The molecule has 0 unspecified atom stereocenters. The summed E-state index contributed by atoms with van der Waals surface area (Å²) in [4.78, 5) is 12.1. The lowest BCUT2D eigenvalue weighted by molar-refractivity contribution is -0.112. The second kappa shape index (κ2) is 7.98. The summed E-state index contributed by atoms with van der Waals surface area (Å²) in [6.07, 6.45) is 3.05. The van der Waals surface area contributed by atoms with Gasteiger partial charge in [0.05, 0.1) is 0 Å². The van der Waals surface area contributed by atoms with Gasteiger partial charge >= 0.3 is 0 Å². The number of benzene rings is 2. The molecule has 0 aliphatic heterocycles. The molecule has 4 heteroatoms. The third-order valence-electron chi connectivity index (χ3n) is 3.06. The van der Waals surface area contributed by atoms with Crippen LogP contribution < -0.4 is 5.32 Å². The highest BCUT2D eigenvalue weighted by Gasteiger charge is 2.09. The molecule has 0 fully saturated rings. The fourth-order valence-electron chi connectivity index (χ4n) is 1.87. The summed E-state index contributed by atoms with van der Waals surface area (Å²) in [5, 5.41) is 12.2. The summed E-state index contributed by atoms with van der Waals surface area (Å²) in [5.74, 6) is -0.490. The minimum absolute atomic E-state index is 0.0530. The molecular formula is C19H15ClN2O. The van der Waals surface area contributed by atoms with Crippen molar-refractivity contribution in [1.29, 1.82) is 5.26 Å². The first-order valence-electron chi connectivity index (χ1n) is 7.00. The van der Waals surface area contributed by atoms with Crippen LogP contribution in [0.15, 0.2) is 71.3 Å². The Balaban J connectivity index is 2.15. The zero-order valence-corrected chi connectivity index (χ0v) is 13.3. The van der Waals surface area contributed by atoms with Crippen molar-refractivity contribution in [2.75, 3.05) is 5.32 Å². The number of hydrogen-bond donors (Lipinski definition) is 1. The minimum atomic E-state index is -0.490. The van der Waals surface area contributed by atoms with Crippen LogP contribution in [0, 0.1) is 18.3 Å². The van der Waals surface area contributed by atoms with Gasteiger partial charge in [-0.3, -0.25) is 4.79 Å². The first kappa shape index (κ1) is 16.5. The maximum atomic E-state index is 12.1. The molecule has 0 aromatic heterocycles. The maximum Gasteiger partial charge on any atom is 0.266 e. The second-order valence-corrected chi connectivity index (χ2v) is 5.37. The first-order chi connectivity index (χ1) is 11.1. The van der Waals surface area contributed by atoms with E-state index in [-0.39, 0.29) is 5.57 Å². The number of hydrogen-bond acceptors (Lipinski definition) is 2. The highest BCUT2D eigenvalue weighted by Crippen LogP contribution is 2.15. The van der Waals surface area contributed by atoms with Crippen LogP contribution in [0.1, 0.15) is 11.1 Å². The van der Waals surface area contributed by atoms with Crippen LogP contribution in [-0.4, -0.2) is 5.91 Å². The quantitative estimate of drug-likeness (QED) is 0.505. The Labute approximate surface area is 140 Å². The summed E-state index contributed by atoms with van der Waals surface area (Å²) >= 11 is 6.11. The third kappa shape index (κ3) is 5.14. The number of halogens is 1. The van der Waals surface area contributed by atoms with Crippen molar-refractivity contribution >= 4 is 29.3 Å². The third-order valence-corrected chi connectivity index (χ3v) is 3.28. The van der Waals surface area contributed by atoms with E-state index in [1.54, 1.807) is 18.2 Å². The minimum Gasteiger partial charge on any atom is -0.321 e. The molecule has 2 aromatic carbocycles. The molecule has 0 spiro atoms. The molecule has 3 nitrogen and oxygen atoms in total. The van der Waals surface area contributed by atoms with Crippen molar-refractivity contribution in [3.8, 4) is 6.07 Å². The van der Waals surface area contributed by atoms with Crippen molar-refractivity contribution in [1.82, 2.24) is 0 Å². The molecule has 0 radical (unpaired) electrons. The zero-order chi connectivity index (χ0) is 16.7. The molecular weight excluding hydrogens is 308 g/mol. The molecule has 1 amide bonds. The lowest BCUT2D eigenvalue weighted by Crippen LogP contribution is -2.13. The molecule has 2 rings (SSSR count). The fraction of sp³-hybridized carbons (Fsp3) is 0.0526. The number of allylic oxidation sites excluding steroid dienone is 2. The van der Waals surface area contributed by atoms with Gasteiger partial charge in [0.25, 0.3) is 5.91 Å². The van der Waals surface area contributed by atoms with Gasteiger partial charge in [0.1, 0.15) is 11.6 Å². The van der Waals surface area contributed by atoms with Crippen molar-refractivity contribution < 1.29 is 4.79 Å². The second-order valence-electron chi connectivity index (χ2n) is 4.93. The number of carbonyl (C=O) groups excluding carboxylic acids is 1. The van der Waals surface area contributed by atoms with Gasteiger partial charge in [0.15, 0.2) is 0 Å². The van der Waals surface area contributed by atoms with Crippen LogP contribution in [-0.2, 0) is 4.79 Å². The standard InChI is InChI=1S/C19H15ClN2O/c1-14-7-9-18(10-8-14)22-19(23)16(13-21)12-17(20)11-15-5-3-2-4-6-15/h2-12H,1H3,(H,22,23)/b16-12+,17-11-. The van der Waals surface area contributed by atoms with E-state index in [4.69, 9.17) is 16.9 Å². The number of nitrogens with one attached hydrogen (secondary N) is 1. The van der Waals surface area contributed by atoms with Crippen molar-refractivity contribution in [2.45, 2.75) is 6.92 Å². The molecule has 0 saturated carbocycles. The van der Waals surface area contributed by atoms with E-state index in [1.807, 2.05) is 55.5 Å². The largest absolute Gasteiger partial charge is 0.321 e. The Morgan fingerprint density at radius 3 is 2.39 bits per heavy atom. The number of amides is 1. The van der Waals surface area contributed by atoms with Crippen LogP contribution in [0.25, 0.3) is 6.08 Å². The summed E-state index contributed by atoms with van der Waals surface area (Å²) in [5.41, 5.74) is 2.56. The molecule has 0 saturated heterocycles. The Kier molecular flexibility index (Phi) is 5.74. The lowest BCUT2D eigenvalue weighted by Gasteiger charge is -2.04. The molecule has 0 heterocycles. The fourth-order valence-corrected chi connectivity index (χ4v) is 2.11. The van der Waals surface area contributed by atoms with Gasteiger partial charge in [-0.1, -0.05) is 59.6 Å². The summed E-state index contributed by atoms with van der Waals surface area (Å²) in [6.45, 7) is 1.96. The smallest absolute Gasteiger partial charge is 0.266 e. The average Bonchev–Trinajstić information content (AvgIpc) is 2.55. The van der Waals surface area contributed by atoms with Crippen molar-refractivity contribution in [3.05, 3.63) is 82.4 Å². The molecule has 0 bridgehead atoms. The first-order valence-corrected chi connectivity index (χ1v) is 7.38. The molecule has 23 heavy (non-hydrogen) atoms. The van der Waals surface area contributed by atoms with E-state index >= 15 is 0 Å². The summed E-state index contributed by atoms with van der Waals surface area (Å²) in [6, 6.07) is 18.6.